The number of allylic oxidation sites excluding steroid dienone is 1. The van der Waals surface area contributed by atoms with Gasteiger partial charge in [0.2, 0.25) is 0 Å². The van der Waals surface area contributed by atoms with E-state index in [1.54, 1.807) is 0 Å². The quantitative estimate of drug-likeness (QED) is 0.615. The third-order valence-electron chi connectivity index (χ3n) is 4.75. The third-order valence-corrected chi connectivity index (χ3v) is 4.75. The van der Waals surface area contributed by atoms with Crippen LogP contribution < -0.4 is 0 Å². The number of hydrogen-bond donors (Lipinski definition) is 0. The van der Waals surface area contributed by atoms with Crippen LogP contribution in [0.2, 0.25) is 0 Å². The number of hydrogen-bond acceptors (Lipinski definition) is 1. The molecule has 0 N–H and O–H groups in total. The molecule has 0 radical (unpaired) electrons. The summed E-state index contributed by atoms with van der Waals surface area (Å²) in [4.78, 5) is 0. The molecule has 0 aromatic heterocycles. The van der Waals surface area contributed by atoms with Gasteiger partial charge in [0, 0.05) is 6.42 Å². The zero-order valence-electron chi connectivity index (χ0n) is 11.4. The molecule has 0 amide bonds. The number of ether oxygens (including phenoxy) is 1. The van der Waals surface area contributed by atoms with Gasteiger partial charge in [-0.3, -0.25) is 0 Å². The first kappa shape index (κ1) is 13.0. The van der Waals surface area contributed by atoms with Crippen LogP contribution in [0.25, 0.3) is 0 Å². The second-order valence-corrected chi connectivity index (χ2v) is 6.01. The van der Waals surface area contributed by atoms with Crippen molar-refractivity contribution >= 4 is 0 Å². The second-order valence-electron chi connectivity index (χ2n) is 6.01. The lowest BCUT2D eigenvalue weighted by atomic mass is 9.73. The molecule has 2 fully saturated rings. The summed E-state index contributed by atoms with van der Waals surface area (Å²) in [6.07, 6.45) is 12.8. The van der Waals surface area contributed by atoms with Crippen molar-refractivity contribution in [2.45, 2.75) is 64.7 Å². The van der Waals surface area contributed by atoms with Crippen LogP contribution in [0.15, 0.2) is 12.3 Å². The van der Waals surface area contributed by atoms with E-state index in [0.29, 0.717) is 0 Å². The van der Waals surface area contributed by atoms with Crippen LogP contribution in [0.5, 0.6) is 0 Å². The Morgan fingerprint density at radius 2 is 1.76 bits per heavy atom. The molecule has 1 heteroatoms. The Hall–Kier alpha value is -0.460. The SMILES string of the molecule is C=C(CC1CCCC(C2CCCC2)C1)OCC. The minimum absolute atomic E-state index is 0.775. The minimum Gasteiger partial charge on any atom is -0.499 e. The van der Waals surface area contributed by atoms with E-state index in [1.165, 1.54) is 51.4 Å². The fourth-order valence-corrected chi connectivity index (χ4v) is 3.96. The molecule has 2 saturated carbocycles. The molecule has 2 unspecified atom stereocenters. The van der Waals surface area contributed by atoms with E-state index in [1.807, 2.05) is 6.92 Å². The van der Waals surface area contributed by atoms with Crippen LogP contribution in [0.4, 0.5) is 0 Å². The Balaban J connectivity index is 1.77. The maximum absolute atomic E-state index is 5.51. The minimum atomic E-state index is 0.775. The highest BCUT2D eigenvalue weighted by Gasteiger charge is 2.30. The van der Waals surface area contributed by atoms with Gasteiger partial charge < -0.3 is 4.74 Å². The predicted octanol–water partition coefficient (Wildman–Crippen LogP) is 4.92. The van der Waals surface area contributed by atoms with Gasteiger partial charge in [-0.1, -0.05) is 45.1 Å². The van der Waals surface area contributed by atoms with Crippen molar-refractivity contribution in [2.75, 3.05) is 6.61 Å². The first-order chi connectivity index (χ1) is 8.29. The van der Waals surface area contributed by atoms with Gasteiger partial charge in [0.25, 0.3) is 0 Å². The van der Waals surface area contributed by atoms with Crippen molar-refractivity contribution in [3.63, 3.8) is 0 Å². The molecule has 2 rings (SSSR count). The Labute approximate surface area is 107 Å². The summed E-state index contributed by atoms with van der Waals surface area (Å²) >= 11 is 0. The highest BCUT2D eigenvalue weighted by atomic mass is 16.5. The lowest BCUT2D eigenvalue weighted by Gasteiger charge is -2.33. The monoisotopic (exact) mass is 236 g/mol. The summed E-state index contributed by atoms with van der Waals surface area (Å²) in [7, 11) is 0. The third kappa shape index (κ3) is 3.76. The van der Waals surface area contributed by atoms with Gasteiger partial charge >= 0.3 is 0 Å². The summed E-state index contributed by atoms with van der Waals surface area (Å²) in [6, 6.07) is 0. The van der Waals surface area contributed by atoms with E-state index >= 15 is 0 Å². The molecule has 17 heavy (non-hydrogen) atoms. The Kier molecular flexibility index (Phi) is 4.94. The maximum Gasteiger partial charge on any atom is 0.0890 e. The Morgan fingerprint density at radius 1 is 1.06 bits per heavy atom. The fraction of sp³-hybridized carbons (Fsp3) is 0.875. The molecule has 0 aliphatic heterocycles. The molecule has 2 aliphatic rings. The molecule has 2 atom stereocenters. The summed E-state index contributed by atoms with van der Waals surface area (Å²) in [5.74, 6) is 3.95. The van der Waals surface area contributed by atoms with Gasteiger partial charge in [0.15, 0.2) is 0 Å². The molecule has 0 saturated heterocycles. The van der Waals surface area contributed by atoms with Crippen LogP contribution in [0.3, 0.4) is 0 Å². The first-order valence-electron chi connectivity index (χ1n) is 7.60. The predicted molar refractivity (Wildman–Crippen MR) is 72.8 cm³/mol. The van der Waals surface area contributed by atoms with Crippen LogP contribution in [0, 0.1) is 17.8 Å². The summed E-state index contributed by atoms with van der Waals surface area (Å²) in [5.41, 5.74) is 0. The van der Waals surface area contributed by atoms with Gasteiger partial charge in [0.05, 0.1) is 12.4 Å². The molecule has 0 bridgehead atoms. The summed E-state index contributed by atoms with van der Waals surface area (Å²) in [6.45, 7) is 6.86. The van der Waals surface area contributed by atoms with Crippen molar-refractivity contribution < 1.29 is 4.74 Å². The van der Waals surface area contributed by atoms with Gasteiger partial charge in [-0.15, -0.1) is 0 Å². The molecule has 0 spiro atoms. The van der Waals surface area contributed by atoms with E-state index in [4.69, 9.17) is 4.74 Å². The molecule has 1 nitrogen and oxygen atoms in total. The largest absolute Gasteiger partial charge is 0.499 e. The van der Waals surface area contributed by atoms with E-state index in [9.17, 15) is 0 Å². The van der Waals surface area contributed by atoms with Gasteiger partial charge in [0.1, 0.15) is 0 Å². The maximum atomic E-state index is 5.51. The van der Waals surface area contributed by atoms with Gasteiger partial charge in [-0.25, -0.2) is 0 Å². The number of rotatable bonds is 5. The van der Waals surface area contributed by atoms with Crippen molar-refractivity contribution in [2.24, 2.45) is 17.8 Å². The van der Waals surface area contributed by atoms with Crippen molar-refractivity contribution in [3.8, 4) is 0 Å². The molecular formula is C16H28O. The lowest BCUT2D eigenvalue weighted by Crippen LogP contribution is -2.21. The molecule has 0 heterocycles. The van der Waals surface area contributed by atoms with Crippen molar-refractivity contribution in [1.29, 1.82) is 0 Å². The van der Waals surface area contributed by atoms with Gasteiger partial charge in [-0.05, 0) is 37.5 Å². The van der Waals surface area contributed by atoms with Gasteiger partial charge in [-0.2, -0.15) is 0 Å². The molecular weight excluding hydrogens is 208 g/mol. The van der Waals surface area contributed by atoms with E-state index in [2.05, 4.69) is 6.58 Å². The van der Waals surface area contributed by atoms with Crippen molar-refractivity contribution in [3.05, 3.63) is 12.3 Å². The van der Waals surface area contributed by atoms with Crippen LogP contribution in [0.1, 0.15) is 64.7 Å². The highest BCUT2D eigenvalue weighted by Crippen LogP contribution is 2.42. The molecule has 0 aromatic rings. The lowest BCUT2D eigenvalue weighted by molar-refractivity contribution is 0.161. The van der Waals surface area contributed by atoms with Crippen LogP contribution in [-0.4, -0.2) is 6.61 Å². The topological polar surface area (TPSA) is 9.23 Å². The average molecular weight is 236 g/mol. The summed E-state index contributed by atoms with van der Waals surface area (Å²) < 4.78 is 5.51. The van der Waals surface area contributed by atoms with E-state index in [-0.39, 0.29) is 0 Å². The van der Waals surface area contributed by atoms with E-state index < -0.39 is 0 Å². The molecule has 98 valence electrons. The molecule has 2 aliphatic carbocycles. The van der Waals surface area contributed by atoms with Crippen molar-refractivity contribution in [1.82, 2.24) is 0 Å². The zero-order valence-corrected chi connectivity index (χ0v) is 11.4. The highest BCUT2D eigenvalue weighted by molar-refractivity contribution is 4.89. The summed E-state index contributed by atoms with van der Waals surface area (Å²) in [5, 5.41) is 0. The van der Waals surface area contributed by atoms with E-state index in [0.717, 1.165) is 36.5 Å². The Bertz CT molecular complexity index is 240. The second kappa shape index (κ2) is 6.47. The average Bonchev–Trinajstić information content (AvgIpc) is 2.83. The Morgan fingerprint density at radius 3 is 2.47 bits per heavy atom. The smallest absolute Gasteiger partial charge is 0.0890 e. The van der Waals surface area contributed by atoms with Crippen LogP contribution in [-0.2, 0) is 4.74 Å². The standard InChI is InChI=1S/C16H28O/c1-3-17-13(2)11-14-7-6-10-16(12-14)15-8-4-5-9-15/h14-16H,2-12H2,1H3. The van der Waals surface area contributed by atoms with Crippen LogP contribution >= 0.6 is 0 Å². The zero-order chi connectivity index (χ0) is 12.1. The first-order valence-corrected chi connectivity index (χ1v) is 7.60. The fourth-order valence-electron chi connectivity index (χ4n) is 3.96. The molecule has 0 aromatic carbocycles. The normalized spacial score (nSPS) is 30.4.